The van der Waals surface area contributed by atoms with Crippen molar-refractivity contribution in [1.82, 2.24) is 5.32 Å². The summed E-state index contributed by atoms with van der Waals surface area (Å²) in [4.78, 5) is 20.1. The number of alkyl halides is 2. The molecule has 1 aromatic rings. The van der Waals surface area contributed by atoms with Gasteiger partial charge in [-0.1, -0.05) is 23.2 Å². The summed E-state index contributed by atoms with van der Waals surface area (Å²) in [6.07, 6.45) is -1.47. The molecule has 0 bridgehead atoms. The first kappa shape index (κ1) is 20.5. The number of amides is 1. The third-order valence-corrected chi connectivity index (χ3v) is 3.63. The minimum atomic E-state index is -4.33. The number of hydrogen-bond acceptors (Lipinski definition) is 7. The van der Waals surface area contributed by atoms with Crippen LogP contribution in [0, 0.1) is 10.1 Å². The molecule has 134 valence electrons. The molecular weight excluding hydrogens is 389 g/mol. The Balaban J connectivity index is 2.98. The Morgan fingerprint density at radius 3 is 2.33 bits per heavy atom. The highest BCUT2D eigenvalue weighted by Crippen LogP contribution is 2.21. The van der Waals surface area contributed by atoms with E-state index in [1.807, 2.05) is 0 Å². The van der Waals surface area contributed by atoms with Gasteiger partial charge in [0.15, 0.2) is 4.84 Å². The number of rotatable bonds is 8. The Hall–Kier alpha value is -1.50. The first-order valence-electron chi connectivity index (χ1n) is 6.19. The van der Waals surface area contributed by atoms with E-state index in [4.69, 9.17) is 28.3 Å². The van der Waals surface area contributed by atoms with E-state index in [9.17, 15) is 28.4 Å². The van der Waals surface area contributed by atoms with Gasteiger partial charge in [-0.05, 0) is 17.7 Å². The van der Waals surface area contributed by atoms with Gasteiger partial charge in [-0.3, -0.25) is 19.1 Å². The molecule has 1 rings (SSSR count). The van der Waals surface area contributed by atoms with E-state index < -0.39 is 44.7 Å². The average Bonchev–Trinajstić information content (AvgIpc) is 2.49. The third kappa shape index (κ3) is 6.55. The van der Waals surface area contributed by atoms with E-state index in [0.29, 0.717) is 0 Å². The number of nitrogens with two attached hydrogens (primary N) is 1. The lowest BCUT2D eigenvalue weighted by atomic mass is 10.0. The van der Waals surface area contributed by atoms with Crippen LogP contribution in [0.2, 0.25) is 0 Å². The average molecular weight is 402 g/mol. The minimum Gasteiger partial charge on any atom is -0.386 e. The van der Waals surface area contributed by atoms with Crippen LogP contribution in [0.5, 0.6) is 0 Å². The Bertz CT molecular complexity index is 696. The summed E-state index contributed by atoms with van der Waals surface area (Å²) in [5.41, 5.74) is -0.0569. The smallest absolute Gasteiger partial charge is 0.333 e. The largest absolute Gasteiger partial charge is 0.386 e. The molecule has 0 aliphatic rings. The molecule has 0 unspecified atom stereocenters. The third-order valence-electron chi connectivity index (χ3n) is 2.76. The van der Waals surface area contributed by atoms with E-state index in [2.05, 4.69) is 9.50 Å². The number of benzene rings is 1. The Morgan fingerprint density at radius 1 is 1.38 bits per heavy atom. The molecule has 2 atom stereocenters. The number of nitrogens with zero attached hydrogens (tertiary/aromatic N) is 1. The molecule has 0 saturated carbocycles. The van der Waals surface area contributed by atoms with Crippen molar-refractivity contribution in [2.45, 2.75) is 17.0 Å². The number of nitro benzene ring substituents is 1. The van der Waals surface area contributed by atoms with Crippen molar-refractivity contribution in [3.8, 4) is 0 Å². The SMILES string of the molecule is NS(=O)(=O)OC[C@@H](NC(=O)C(Cl)Cl)[C@H](O)c1ccc([N+](=O)[O-])cc1. The Kier molecular flexibility index (Phi) is 7.32. The number of non-ortho nitro benzene ring substituents is 1. The molecular formula is C11H13Cl2N3O7S. The Morgan fingerprint density at radius 2 is 1.92 bits per heavy atom. The van der Waals surface area contributed by atoms with Gasteiger partial charge in [-0.25, -0.2) is 5.14 Å². The van der Waals surface area contributed by atoms with Crippen LogP contribution >= 0.6 is 23.2 Å². The fourth-order valence-corrected chi connectivity index (χ4v) is 2.11. The van der Waals surface area contributed by atoms with Gasteiger partial charge in [-0.2, -0.15) is 8.42 Å². The maximum absolute atomic E-state index is 11.5. The highest BCUT2D eigenvalue weighted by Gasteiger charge is 2.27. The molecule has 4 N–H and O–H groups in total. The van der Waals surface area contributed by atoms with E-state index in [-0.39, 0.29) is 11.3 Å². The van der Waals surface area contributed by atoms with Gasteiger partial charge in [0.1, 0.15) is 6.10 Å². The molecule has 1 amide bonds. The maximum Gasteiger partial charge on any atom is 0.333 e. The zero-order chi connectivity index (χ0) is 18.5. The first-order valence-corrected chi connectivity index (χ1v) is 8.54. The highest BCUT2D eigenvalue weighted by molar-refractivity contribution is 7.84. The molecule has 0 aliphatic heterocycles. The normalized spacial score (nSPS) is 14.2. The van der Waals surface area contributed by atoms with Crippen molar-refractivity contribution < 1.29 is 27.4 Å². The van der Waals surface area contributed by atoms with Gasteiger partial charge >= 0.3 is 10.3 Å². The molecule has 24 heavy (non-hydrogen) atoms. The number of halogens is 2. The van der Waals surface area contributed by atoms with Crippen molar-refractivity contribution in [3.63, 3.8) is 0 Å². The molecule has 0 radical (unpaired) electrons. The highest BCUT2D eigenvalue weighted by atomic mass is 35.5. The summed E-state index contributed by atoms with van der Waals surface area (Å²) in [6, 6.07) is 3.45. The lowest BCUT2D eigenvalue weighted by molar-refractivity contribution is -0.384. The lowest BCUT2D eigenvalue weighted by Gasteiger charge is -2.24. The van der Waals surface area contributed by atoms with Gasteiger partial charge in [-0.15, -0.1) is 0 Å². The molecule has 1 aromatic carbocycles. The minimum absolute atomic E-state index is 0.157. The number of nitro groups is 1. The lowest BCUT2D eigenvalue weighted by Crippen LogP contribution is -2.45. The fourth-order valence-electron chi connectivity index (χ4n) is 1.65. The van der Waals surface area contributed by atoms with Gasteiger partial charge in [0.2, 0.25) is 0 Å². The second-order valence-corrected chi connectivity index (χ2v) is 6.80. The number of nitrogens with one attached hydrogen (secondary N) is 1. The van der Waals surface area contributed by atoms with Crippen LogP contribution in [-0.4, -0.2) is 41.8 Å². The van der Waals surface area contributed by atoms with Crippen LogP contribution in [0.1, 0.15) is 11.7 Å². The Labute approximate surface area is 146 Å². The van der Waals surface area contributed by atoms with Gasteiger partial charge in [0, 0.05) is 12.1 Å². The quantitative estimate of drug-likeness (QED) is 0.316. The summed E-state index contributed by atoms with van der Waals surface area (Å²) in [5, 5.41) is 27.7. The summed E-state index contributed by atoms with van der Waals surface area (Å²) in [6.45, 7) is -0.705. The molecule has 10 nitrogen and oxygen atoms in total. The van der Waals surface area contributed by atoms with Crippen molar-refractivity contribution >= 4 is 45.1 Å². The summed E-state index contributed by atoms with van der Waals surface area (Å²) in [5.74, 6) is -0.901. The van der Waals surface area contributed by atoms with Crippen molar-refractivity contribution in [2.24, 2.45) is 5.14 Å². The topological polar surface area (TPSA) is 162 Å². The summed E-state index contributed by atoms with van der Waals surface area (Å²) < 4.78 is 26.1. The molecule has 0 aliphatic carbocycles. The van der Waals surface area contributed by atoms with Gasteiger partial charge < -0.3 is 10.4 Å². The standard InChI is InChI=1S/C11H13Cl2N3O7S/c12-10(13)11(18)15-8(5-23-24(14,21)22)9(17)6-1-3-7(4-2-6)16(19)20/h1-4,8-10,17H,5H2,(H,15,18)(H2,14,21,22)/t8-,9-/m1/s1. The van der Waals surface area contributed by atoms with Crippen molar-refractivity contribution in [3.05, 3.63) is 39.9 Å². The van der Waals surface area contributed by atoms with Crippen LogP contribution in [0.25, 0.3) is 0 Å². The van der Waals surface area contributed by atoms with Crippen LogP contribution < -0.4 is 10.5 Å². The number of hydrogen-bond donors (Lipinski definition) is 3. The van der Waals surface area contributed by atoms with E-state index in [0.717, 1.165) is 12.1 Å². The number of carbonyl (C=O) groups excluding carboxylic acids is 1. The second-order valence-electron chi connectivity index (χ2n) is 4.49. The van der Waals surface area contributed by atoms with E-state index in [1.165, 1.54) is 12.1 Å². The van der Waals surface area contributed by atoms with Gasteiger partial charge in [0.05, 0.1) is 17.6 Å². The van der Waals surface area contributed by atoms with Crippen LogP contribution in [0.3, 0.4) is 0 Å². The molecule has 0 heterocycles. The number of carbonyl (C=O) groups is 1. The zero-order valence-electron chi connectivity index (χ0n) is 11.8. The fraction of sp³-hybridized carbons (Fsp3) is 0.364. The van der Waals surface area contributed by atoms with Crippen molar-refractivity contribution in [2.75, 3.05) is 6.61 Å². The predicted octanol–water partition coefficient (Wildman–Crippen LogP) is 0.137. The molecule has 0 aromatic heterocycles. The zero-order valence-corrected chi connectivity index (χ0v) is 14.2. The number of aliphatic hydroxyl groups excluding tert-OH is 1. The summed E-state index contributed by atoms with van der Waals surface area (Å²) in [7, 11) is -4.33. The molecule has 0 fully saturated rings. The molecule has 0 spiro atoms. The first-order chi connectivity index (χ1) is 11.0. The summed E-state index contributed by atoms with van der Waals surface area (Å²) >= 11 is 10.8. The van der Waals surface area contributed by atoms with Crippen molar-refractivity contribution in [1.29, 1.82) is 0 Å². The maximum atomic E-state index is 11.5. The monoisotopic (exact) mass is 401 g/mol. The molecule has 13 heteroatoms. The molecule has 0 saturated heterocycles. The van der Waals surface area contributed by atoms with Crippen LogP contribution in [0.4, 0.5) is 5.69 Å². The van der Waals surface area contributed by atoms with Gasteiger partial charge in [0.25, 0.3) is 11.6 Å². The second kappa shape index (κ2) is 8.55. The predicted molar refractivity (Wildman–Crippen MR) is 84.5 cm³/mol. The van der Waals surface area contributed by atoms with E-state index >= 15 is 0 Å². The van der Waals surface area contributed by atoms with Crippen LogP contribution in [-0.2, 0) is 19.3 Å². The van der Waals surface area contributed by atoms with E-state index in [1.54, 1.807) is 0 Å². The number of aliphatic hydroxyl groups is 1. The van der Waals surface area contributed by atoms with Crippen LogP contribution in [0.15, 0.2) is 24.3 Å².